The summed E-state index contributed by atoms with van der Waals surface area (Å²) >= 11 is 0. The number of hydrogen-bond donors (Lipinski definition) is 1. The highest BCUT2D eigenvalue weighted by atomic mass is 35.5. The summed E-state index contributed by atoms with van der Waals surface area (Å²) in [5, 5.41) is 0. The molecule has 21 heavy (non-hydrogen) atoms. The van der Waals surface area contributed by atoms with Crippen LogP contribution in [-0.4, -0.2) is 67.7 Å². The van der Waals surface area contributed by atoms with Crippen LogP contribution in [0.4, 0.5) is 0 Å². The third-order valence-electron chi connectivity index (χ3n) is 4.35. The molecule has 5 nitrogen and oxygen atoms in total. The van der Waals surface area contributed by atoms with Gasteiger partial charge in [0, 0.05) is 39.3 Å². The van der Waals surface area contributed by atoms with Crippen molar-refractivity contribution in [1.82, 2.24) is 9.80 Å². The van der Waals surface area contributed by atoms with Crippen molar-refractivity contribution < 1.29 is 9.53 Å². The summed E-state index contributed by atoms with van der Waals surface area (Å²) < 4.78 is 4.97. The van der Waals surface area contributed by atoms with Crippen molar-refractivity contribution in [3.63, 3.8) is 0 Å². The van der Waals surface area contributed by atoms with Gasteiger partial charge >= 0.3 is 0 Å². The minimum absolute atomic E-state index is 0. The van der Waals surface area contributed by atoms with Crippen molar-refractivity contribution in [2.75, 3.05) is 39.9 Å². The van der Waals surface area contributed by atoms with Gasteiger partial charge < -0.3 is 15.4 Å². The molecule has 0 aromatic rings. The van der Waals surface area contributed by atoms with Crippen molar-refractivity contribution in [2.45, 2.75) is 44.2 Å². The van der Waals surface area contributed by atoms with Gasteiger partial charge in [0.1, 0.15) is 6.04 Å². The second-order valence-corrected chi connectivity index (χ2v) is 5.71. The van der Waals surface area contributed by atoms with Gasteiger partial charge in [-0.3, -0.25) is 9.69 Å². The number of carbonyl (C=O) groups excluding carboxylic acids is 1. The highest BCUT2D eigenvalue weighted by Gasteiger charge is 2.27. The van der Waals surface area contributed by atoms with E-state index in [-0.39, 0.29) is 30.7 Å². The zero-order valence-electron chi connectivity index (χ0n) is 12.8. The van der Waals surface area contributed by atoms with E-state index >= 15 is 0 Å². The van der Waals surface area contributed by atoms with Crippen molar-refractivity contribution in [2.24, 2.45) is 5.73 Å². The molecule has 2 fully saturated rings. The van der Waals surface area contributed by atoms with Gasteiger partial charge in [-0.15, -0.1) is 24.8 Å². The maximum Gasteiger partial charge on any atom is 0.241 e. The smallest absolute Gasteiger partial charge is 0.241 e. The Morgan fingerprint density at radius 3 is 2.43 bits per heavy atom. The predicted octanol–water partition coefficient (Wildman–Crippen LogP) is 1.28. The van der Waals surface area contributed by atoms with Gasteiger partial charge in [0.25, 0.3) is 0 Å². The summed E-state index contributed by atoms with van der Waals surface area (Å²) in [6.45, 7) is 4.07. The SMILES string of the molecule is COCC(N)C(=O)N1CCCN(C2CCCC2)CC1.Cl.Cl. The molecule has 0 radical (unpaired) electrons. The molecule has 1 saturated carbocycles. The first-order valence-corrected chi connectivity index (χ1v) is 7.49. The zero-order valence-corrected chi connectivity index (χ0v) is 14.5. The summed E-state index contributed by atoms with van der Waals surface area (Å²) in [6, 6.07) is 0.241. The Morgan fingerprint density at radius 1 is 1.14 bits per heavy atom. The minimum Gasteiger partial charge on any atom is -0.383 e. The molecule has 1 heterocycles. The van der Waals surface area contributed by atoms with Gasteiger partial charge in [-0.05, 0) is 19.3 Å². The number of amides is 1. The number of carbonyl (C=O) groups is 1. The first-order chi connectivity index (χ1) is 9.22. The summed E-state index contributed by atoms with van der Waals surface area (Å²) in [5.74, 6) is 0.0371. The van der Waals surface area contributed by atoms with E-state index in [2.05, 4.69) is 4.90 Å². The third-order valence-corrected chi connectivity index (χ3v) is 4.35. The van der Waals surface area contributed by atoms with E-state index in [0.717, 1.165) is 38.6 Å². The largest absolute Gasteiger partial charge is 0.383 e. The van der Waals surface area contributed by atoms with Crippen molar-refractivity contribution in [3.05, 3.63) is 0 Å². The Bertz CT molecular complexity index is 302. The van der Waals surface area contributed by atoms with E-state index in [9.17, 15) is 4.79 Å². The molecule has 2 rings (SSSR count). The minimum atomic E-state index is -0.511. The number of nitrogens with two attached hydrogens (primary N) is 1. The Kier molecular flexibility index (Phi) is 10.6. The molecule has 1 saturated heterocycles. The average molecular weight is 342 g/mol. The molecule has 1 aliphatic heterocycles. The van der Waals surface area contributed by atoms with Crippen molar-refractivity contribution >= 4 is 30.7 Å². The Morgan fingerprint density at radius 2 is 1.81 bits per heavy atom. The maximum atomic E-state index is 12.2. The molecule has 1 aliphatic carbocycles. The monoisotopic (exact) mass is 341 g/mol. The molecule has 2 aliphatic rings. The highest BCUT2D eigenvalue weighted by molar-refractivity contribution is 5.85. The van der Waals surface area contributed by atoms with Crippen LogP contribution in [0, 0.1) is 0 Å². The molecule has 126 valence electrons. The first kappa shape index (κ1) is 20.9. The van der Waals surface area contributed by atoms with Gasteiger partial charge in [0.05, 0.1) is 6.61 Å². The second-order valence-electron chi connectivity index (χ2n) is 5.71. The van der Waals surface area contributed by atoms with Gasteiger partial charge in [-0.2, -0.15) is 0 Å². The summed E-state index contributed by atoms with van der Waals surface area (Å²) in [6.07, 6.45) is 6.45. The standard InChI is InChI=1S/C14H27N3O2.2ClH/c1-19-11-13(15)14(18)17-8-4-7-16(9-10-17)12-5-2-3-6-12;;/h12-13H,2-11,15H2,1H3;2*1H. The molecule has 1 unspecified atom stereocenters. The molecular formula is C14H29Cl2N3O2. The molecule has 7 heteroatoms. The average Bonchev–Trinajstić information content (AvgIpc) is 2.83. The number of rotatable bonds is 4. The van der Waals surface area contributed by atoms with E-state index in [4.69, 9.17) is 10.5 Å². The molecule has 1 amide bonds. The third kappa shape index (κ3) is 5.91. The Hall–Kier alpha value is -0.0700. The van der Waals surface area contributed by atoms with Crippen LogP contribution in [0.2, 0.25) is 0 Å². The van der Waals surface area contributed by atoms with E-state index in [1.807, 2.05) is 4.90 Å². The number of halogens is 2. The van der Waals surface area contributed by atoms with Gasteiger partial charge in [0.15, 0.2) is 0 Å². The number of methoxy groups -OCH3 is 1. The van der Waals surface area contributed by atoms with E-state index in [1.165, 1.54) is 25.7 Å². The lowest BCUT2D eigenvalue weighted by molar-refractivity contribution is -0.133. The Labute approximate surface area is 140 Å². The zero-order chi connectivity index (χ0) is 13.7. The summed E-state index contributed by atoms with van der Waals surface area (Å²) in [4.78, 5) is 16.7. The topological polar surface area (TPSA) is 58.8 Å². The van der Waals surface area contributed by atoms with Crippen LogP contribution < -0.4 is 5.73 Å². The number of nitrogens with zero attached hydrogens (tertiary/aromatic N) is 2. The molecule has 0 aromatic heterocycles. The van der Waals surface area contributed by atoms with E-state index in [1.54, 1.807) is 7.11 Å². The molecule has 0 aromatic carbocycles. The lowest BCUT2D eigenvalue weighted by Crippen LogP contribution is -2.47. The quantitative estimate of drug-likeness (QED) is 0.836. The number of hydrogen-bond acceptors (Lipinski definition) is 4. The number of ether oxygens (including phenoxy) is 1. The molecule has 2 N–H and O–H groups in total. The van der Waals surface area contributed by atoms with Crippen LogP contribution >= 0.6 is 24.8 Å². The summed E-state index contributed by atoms with van der Waals surface area (Å²) in [5.41, 5.74) is 5.84. The van der Waals surface area contributed by atoms with Crippen molar-refractivity contribution in [3.8, 4) is 0 Å². The van der Waals surface area contributed by atoms with Crippen LogP contribution in [0.1, 0.15) is 32.1 Å². The fourth-order valence-corrected chi connectivity index (χ4v) is 3.28. The van der Waals surface area contributed by atoms with Crippen LogP contribution in [0.3, 0.4) is 0 Å². The lowest BCUT2D eigenvalue weighted by atomic mass is 10.2. The molecule has 1 atom stereocenters. The van der Waals surface area contributed by atoms with Crippen LogP contribution in [0.15, 0.2) is 0 Å². The lowest BCUT2D eigenvalue weighted by Gasteiger charge is -2.27. The van der Waals surface area contributed by atoms with Crippen LogP contribution in [0.25, 0.3) is 0 Å². The van der Waals surface area contributed by atoms with E-state index < -0.39 is 6.04 Å². The molecule has 0 bridgehead atoms. The van der Waals surface area contributed by atoms with Crippen molar-refractivity contribution in [1.29, 1.82) is 0 Å². The van der Waals surface area contributed by atoms with Crippen LogP contribution in [-0.2, 0) is 9.53 Å². The van der Waals surface area contributed by atoms with Gasteiger partial charge in [0.2, 0.25) is 5.91 Å². The highest BCUT2D eigenvalue weighted by Crippen LogP contribution is 2.24. The van der Waals surface area contributed by atoms with E-state index in [0.29, 0.717) is 6.61 Å². The van der Waals surface area contributed by atoms with Gasteiger partial charge in [-0.25, -0.2) is 0 Å². The first-order valence-electron chi connectivity index (χ1n) is 7.49. The maximum absolute atomic E-state index is 12.2. The molecular weight excluding hydrogens is 313 g/mol. The fraction of sp³-hybridized carbons (Fsp3) is 0.929. The molecule has 0 spiro atoms. The fourth-order valence-electron chi connectivity index (χ4n) is 3.28. The summed E-state index contributed by atoms with van der Waals surface area (Å²) in [7, 11) is 1.58. The normalized spacial score (nSPS) is 22.1. The predicted molar refractivity (Wildman–Crippen MR) is 89.4 cm³/mol. The second kappa shape index (κ2) is 10.6. The van der Waals surface area contributed by atoms with Gasteiger partial charge in [-0.1, -0.05) is 12.8 Å². The Balaban J connectivity index is 0.00000200. The van der Waals surface area contributed by atoms with Crippen LogP contribution in [0.5, 0.6) is 0 Å².